The zero-order chi connectivity index (χ0) is 32.8. The lowest BCUT2D eigenvalue weighted by molar-refractivity contribution is 1.64. The highest BCUT2D eigenvalue weighted by Gasteiger charge is 2.23. The molecular formula is C48H28S2. The van der Waals surface area contributed by atoms with Crippen molar-refractivity contribution in [1.82, 2.24) is 0 Å². The molecule has 0 aliphatic carbocycles. The molecule has 9 aromatic carbocycles. The molecule has 50 heavy (non-hydrogen) atoms. The number of benzene rings is 9. The van der Waals surface area contributed by atoms with Crippen molar-refractivity contribution in [3.63, 3.8) is 0 Å². The molecule has 2 aromatic heterocycles. The van der Waals surface area contributed by atoms with Crippen LogP contribution in [0.25, 0.3) is 106 Å². The average molecular weight is 669 g/mol. The first-order chi connectivity index (χ1) is 24.8. The lowest BCUT2D eigenvalue weighted by atomic mass is 9.83. The zero-order valence-corrected chi connectivity index (χ0v) is 28.6. The fraction of sp³-hybridized carbons (Fsp3) is 0. The third-order valence-corrected chi connectivity index (χ3v) is 12.8. The molecule has 0 spiro atoms. The Morgan fingerprint density at radius 2 is 0.720 bits per heavy atom. The molecule has 0 radical (unpaired) electrons. The molecule has 0 amide bonds. The van der Waals surface area contributed by atoms with Crippen LogP contribution in [-0.2, 0) is 0 Å². The van der Waals surface area contributed by atoms with Crippen molar-refractivity contribution in [2.45, 2.75) is 0 Å². The molecule has 0 nitrogen and oxygen atoms in total. The summed E-state index contributed by atoms with van der Waals surface area (Å²) < 4.78 is 5.38. The molecule has 0 aliphatic rings. The molecular weight excluding hydrogens is 641 g/mol. The molecule has 0 fully saturated rings. The summed E-state index contributed by atoms with van der Waals surface area (Å²) in [6, 6.07) is 62.9. The van der Waals surface area contributed by atoms with Gasteiger partial charge in [0.1, 0.15) is 0 Å². The number of hydrogen-bond acceptors (Lipinski definition) is 2. The first kappa shape index (κ1) is 28.1. The molecule has 2 heteroatoms. The second kappa shape index (κ2) is 10.9. The van der Waals surface area contributed by atoms with E-state index in [1.807, 2.05) is 22.7 Å². The standard InChI is InChI=1S/C48H28S2/c1-2-14-29(15-3-1)30-26-27-37(32-17-5-4-16-31(30)32)44-33-18-6-8-20-35(33)45(36-21-9-7-19-34(36)44)40-28-43-46(38-22-10-12-24-41(38)49-43)47-39-23-11-13-25-42(39)50-48(40)47/h1-28H. The Bertz CT molecular complexity index is 3080. The third-order valence-electron chi connectivity index (χ3n) is 10.5. The molecule has 0 saturated heterocycles. The summed E-state index contributed by atoms with van der Waals surface area (Å²) in [7, 11) is 0. The summed E-state index contributed by atoms with van der Waals surface area (Å²) in [5, 5.41) is 13.2. The van der Waals surface area contributed by atoms with E-state index in [4.69, 9.17) is 0 Å². The summed E-state index contributed by atoms with van der Waals surface area (Å²) in [5.41, 5.74) is 7.71. The first-order valence-electron chi connectivity index (χ1n) is 17.1. The monoisotopic (exact) mass is 668 g/mol. The van der Waals surface area contributed by atoms with Crippen LogP contribution in [-0.4, -0.2) is 0 Å². The van der Waals surface area contributed by atoms with E-state index in [0.29, 0.717) is 0 Å². The number of hydrogen-bond donors (Lipinski definition) is 0. The van der Waals surface area contributed by atoms with Crippen molar-refractivity contribution in [3.8, 4) is 33.4 Å². The van der Waals surface area contributed by atoms with Gasteiger partial charge in [-0.1, -0.05) is 152 Å². The van der Waals surface area contributed by atoms with Gasteiger partial charge in [-0.2, -0.15) is 0 Å². The van der Waals surface area contributed by atoms with Crippen molar-refractivity contribution >= 4 is 95.3 Å². The van der Waals surface area contributed by atoms with Crippen LogP contribution in [0, 0.1) is 0 Å². The van der Waals surface area contributed by atoms with E-state index in [1.54, 1.807) is 0 Å². The van der Waals surface area contributed by atoms with Crippen molar-refractivity contribution in [1.29, 1.82) is 0 Å². The maximum absolute atomic E-state index is 2.50. The average Bonchev–Trinajstić information content (AvgIpc) is 3.75. The Morgan fingerprint density at radius 1 is 0.280 bits per heavy atom. The van der Waals surface area contributed by atoms with Crippen LogP contribution in [0.2, 0.25) is 0 Å². The van der Waals surface area contributed by atoms with Gasteiger partial charge >= 0.3 is 0 Å². The van der Waals surface area contributed by atoms with E-state index in [-0.39, 0.29) is 0 Å². The topological polar surface area (TPSA) is 0 Å². The number of thiophene rings is 2. The Hall–Kier alpha value is -5.80. The fourth-order valence-corrected chi connectivity index (χ4v) is 10.8. The minimum atomic E-state index is 1.24. The number of fused-ring (bicyclic) bond motifs is 10. The largest absolute Gasteiger partial charge is 0.135 e. The van der Waals surface area contributed by atoms with Gasteiger partial charge in [0.25, 0.3) is 0 Å². The third kappa shape index (κ3) is 3.98. The van der Waals surface area contributed by atoms with Crippen molar-refractivity contribution in [3.05, 3.63) is 170 Å². The van der Waals surface area contributed by atoms with Gasteiger partial charge < -0.3 is 0 Å². The molecule has 232 valence electrons. The van der Waals surface area contributed by atoms with Crippen LogP contribution in [0.1, 0.15) is 0 Å². The zero-order valence-electron chi connectivity index (χ0n) is 27.0. The summed E-state index contributed by atoms with van der Waals surface area (Å²) >= 11 is 3.85. The number of rotatable bonds is 3. The quantitative estimate of drug-likeness (QED) is 0.164. The summed E-state index contributed by atoms with van der Waals surface area (Å²) in [5.74, 6) is 0. The minimum Gasteiger partial charge on any atom is -0.135 e. The second-order valence-corrected chi connectivity index (χ2v) is 15.2. The molecule has 0 atom stereocenters. The van der Waals surface area contributed by atoms with Crippen LogP contribution in [0.15, 0.2) is 170 Å². The predicted octanol–water partition coefficient (Wildman–Crippen LogP) is 14.9. The highest BCUT2D eigenvalue weighted by atomic mass is 32.1. The lowest BCUT2D eigenvalue weighted by Gasteiger charge is -2.20. The van der Waals surface area contributed by atoms with Crippen molar-refractivity contribution in [2.75, 3.05) is 0 Å². The minimum absolute atomic E-state index is 1.24. The van der Waals surface area contributed by atoms with E-state index in [9.17, 15) is 0 Å². The van der Waals surface area contributed by atoms with Crippen LogP contribution >= 0.6 is 22.7 Å². The molecule has 2 heterocycles. The molecule has 11 aromatic rings. The van der Waals surface area contributed by atoms with Crippen LogP contribution in [0.4, 0.5) is 0 Å². The molecule has 0 saturated carbocycles. The molecule has 11 rings (SSSR count). The highest BCUT2D eigenvalue weighted by Crippen LogP contribution is 2.52. The van der Waals surface area contributed by atoms with E-state index in [0.717, 1.165) is 0 Å². The molecule has 0 unspecified atom stereocenters. The van der Waals surface area contributed by atoms with Gasteiger partial charge in [0.15, 0.2) is 0 Å². The van der Waals surface area contributed by atoms with E-state index in [2.05, 4.69) is 170 Å². The van der Waals surface area contributed by atoms with Crippen molar-refractivity contribution < 1.29 is 0 Å². The predicted molar refractivity (Wildman–Crippen MR) is 221 cm³/mol. The van der Waals surface area contributed by atoms with Gasteiger partial charge in [-0.3, -0.25) is 0 Å². The Morgan fingerprint density at radius 3 is 1.34 bits per heavy atom. The Kier molecular flexibility index (Phi) is 6.09. The summed E-state index contributed by atoms with van der Waals surface area (Å²) in [6.45, 7) is 0. The van der Waals surface area contributed by atoms with Gasteiger partial charge in [0.2, 0.25) is 0 Å². The van der Waals surface area contributed by atoms with Gasteiger partial charge in [-0.25, -0.2) is 0 Å². The highest BCUT2D eigenvalue weighted by molar-refractivity contribution is 7.28. The van der Waals surface area contributed by atoms with Crippen LogP contribution < -0.4 is 0 Å². The molecule has 0 bridgehead atoms. The smallest absolute Gasteiger partial charge is 0.0441 e. The maximum atomic E-state index is 2.50. The maximum Gasteiger partial charge on any atom is 0.0441 e. The van der Waals surface area contributed by atoms with Crippen LogP contribution in [0.3, 0.4) is 0 Å². The van der Waals surface area contributed by atoms with Gasteiger partial charge in [-0.05, 0) is 78.3 Å². The van der Waals surface area contributed by atoms with Gasteiger partial charge in [0.05, 0.1) is 0 Å². The van der Waals surface area contributed by atoms with Crippen molar-refractivity contribution in [2.24, 2.45) is 0 Å². The molecule has 0 N–H and O–H groups in total. The Labute approximate surface area is 297 Å². The summed E-state index contributed by atoms with van der Waals surface area (Å²) in [4.78, 5) is 0. The Balaban J connectivity index is 1.29. The fourth-order valence-electron chi connectivity index (χ4n) is 8.38. The van der Waals surface area contributed by atoms with E-state index < -0.39 is 0 Å². The first-order valence-corrected chi connectivity index (χ1v) is 18.7. The second-order valence-electron chi connectivity index (χ2n) is 13.1. The normalized spacial score (nSPS) is 12.0. The van der Waals surface area contributed by atoms with E-state index >= 15 is 0 Å². The summed E-state index contributed by atoms with van der Waals surface area (Å²) in [6.07, 6.45) is 0. The van der Waals surface area contributed by atoms with E-state index in [1.165, 1.54) is 106 Å². The van der Waals surface area contributed by atoms with Gasteiger partial charge in [0, 0.05) is 45.9 Å². The van der Waals surface area contributed by atoms with Crippen LogP contribution in [0.5, 0.6) is 0 Å². The molecule has 0 aliphatic heterocycles. The lowest BCUT2D eigenvalue weighted by Crippen LogP contribution is -1.92. The SMILES string of the molecule is c1ccc(-c2ccc(-c3c4ccccc4c(-c4cc5sc6ccccc6c5c5c4sc4ccccc45)c4ccccc34)c3ccccc23)cc1. The van der Waals surface area contributed by atoms with Gasteiger partial charge in [-0.15, -0.1) is 22.7 Å².